The first-order valence-corrected chi connectivity index (χ1v) is 8.16. The highest BCUT2D eigenvalue weighted by Crippen LogP contribution is 2.37. The van der Waals surface area contributed by atoms with Gasteiger partial charge in [0.25, 0.3) is 0 Å². The predicted octanol–water partition coefficient (Wildman–Crippen LogP) is 4.25. The number of benzene rings is 1. The van der Waals surface area contributed by atoms with Crippen molar-refractivity contribution in [3.8, 4) is 0 Å². The molecule has 0 aliphatic carbocycles. The molecule has 1 saturated heterocycles. The van der Waals surface area contributed by atoms with E-state index >= 15 is 0 Å². The fourth-order valence-electron chi connectivity index (χ4n) is 3.18. The number of hydrogen-bond acceptors (Lipinski definition) is 2. The molecule has 2 nitrogen and oxygen atoms in total. The minimum Gasteiger partial charge on any atom is -0.373 e. The Labute approximate surface area is 123 Å². The first kappa shape index (κ1) is 15.5. The van der Waals surface area contributed by atoms with E-state index in [0.29, 0.717) is 6.04 Å². The summed E-state index contributed by atoms with van der Waals surface area (Å²) in [5.41, 5.74) is 2.75. The quantitative estimate of drug-likeness (QED) is 0.803. The number of likely N-dealkylation sites (N-methyl/N-ethyl adjacent to an activating group) is 1. The maximum atomic E-state index is 6.04. The van der Waals surface area contributed by atoms with Gasteiger partial charge in [-0.3, -0.25) is 0 Å². The van der Waals surface area contributed by atoms with Crippen molar-refractivity contribution in [1.29, 1.82) is 0 Å². The molecule has 0 spiro atoms. The topological polar surface area (TPSA) is 21.3 Å². The van der Waals surface area contributed by atoms with E-state index in [4.69, 9.17) is 4.74 Å². The van der Waals surface area contributed by atoms with Crippen LogP contribution >= 0.6 is 0 Å². The number of hydrogen-bond donors (Lipinski definition) is 1. The van der Waals surface area contributed by atoms with Gasteiger partial charge in [-0.2, -0.15) is 0 Å². The number of nitrogens with one attached hydrogen (secondary N) is 1. The van der Waals surface area contributed by atoms with Crippen molar-refractivity contribution in [2.75, 3.05) is 13.2 Å². The Balaban J connectivity index is 2.12. The zero-order valence-corrected chi connectivity index (χ0v) is 13.2. The van der Waals surface area contributed by atoms with E-state index in [1.54, 1.807) is 0 Å². The minimum atomic E-state index is -0.0546. The van der Waals surface area contributed by atoms with E-state index in [1.807, 2.05) is 0 Å². The summed E-state index contributed by atoms with van der Waals surface area (Å²) in [6.45, 7) is 8.53. The molecule has 2 heteroatoms. The molecule has 0 amide bonds. The van der Waals surface area contributed by atoms with Crippen LogP contribution in [0.1, 0.15) is 63.6 Å². The monoisotopic (exact) mass is 275 g/mol. The molecule has 0 radical (unpaired) electrons. The summed E-state index contributed by atoms with van der Waals surface area (Å²) in [4.78, 5) is 0. The molecule has 2 rings (SSSR count). The van der Waals surface area contributed by atoms with E-state index in [9.17, 15) is 0 Å². The number of aryl methyl sites for hydroxylation is 1. The summed E-state index contributed by atoms with van der Waals surface area (Å²) >= 11 is 0. The molecular formula is C18H29NO. The van der Waals surface area contributed by atoms with Gasteiger partial charge in [0, 0.05) is 6.61 Å². The van der Waals surface area contributed by atoms with E-state index in [0.717, 1.165) is 19.6 Å². The Kier molecular flexibility index (Phi) is 5.62. The van der Waals surface area contributed by atoms with Crippen LogP contribution in [0.3, 0.4) is 0 Å². The maximum Gasteiger partial charge on any atom is 0.0849 e. The number of ether oxygens (including phenoxy) is 1. The molecular weight excluding hydrogens is 246 g/mol. The van der Waals surface area contributed by atoms with Crippen molar-refractivity contribution in [2.45, 2.75) is 64.5 Å². The van der Waals surface area contributed by atoms with Crippen molar-refractivity contribution in [3.05, 3.63) is 35.4 Å². The highest BCUT2D eigenvalue weighted by molar-refractivity contribution is 5.27. The molecule has 2 atom stereocenters. The van der Waals surface area contributed by atoms with Crippen LogP contribution in [0.15, 0.2) is 24.3 Å². The standard InChI is InChI=1S/C18H29NO/c1-4-6-8-15-9-11-16(12-10-15)17(19-5-2)18(3)13-7-14-20-18/h9-12,17,19H,4-8,13-14H2,1-3H3. The highest BCUT2D eigenvalue weighted by Gasteiger charge is 2.38. The lowest BCUT2D eigenvalue weighted by atomic mass is 9.87. The minimum absolute atomic E-state index is 0.0546. The van der Waals surface area contributed by atoms with Crippen LogP contribution in [0.5, 0.6) is 0 Å². The van der Waals surface area contributed by atoms with Gasteiger partial charge in [-0.1, -0.05) is 44.5 Å². The smallest absolute Gasteiger partial charge is 0.0849 e. The Hall–Kier alpha value is -0.860. The van der Waals surface area contributed by atoms with Crippen molar-refractivity contribution in [1.82, 2.24) is 5.32 Å². The van der Waals surface area contributed by atoms with Gasteiger partial charge in [-0.05, 0) is 50.3 Å². The predicted molar refractivity (Wildman–Crippen MR) is 85.1 cm³/mol. The summed E-state index contributed by atoms with van der Waals surface area (Å²) in [5.74, 6) is 0. The second-order valence-electron chi connectivity index (χ2n) is 6.10. The van der Waals surface area contributed by atoms with Gasteiger partial charge in [0.05, 0.1) is 11.6 Å². The molecule has 1 aliphatic heterocycles. The molecule has 1 N–H and O–H groups in total. The summed E-state index contributed by atoms with van der Waals surface area (Å²) < 4.78 is 6.04. The van der Waals surface area contributed by atoms with Crippen LogP contribution in [0.4, 0.5) is 0 Å². The summed E-state index contributed by atoms with van der Waals surface area (Å²) in [7, 11) is 0. The second kappa shape index (κ2) is 7.24. The van der Waals surface area contributed by atoms with E-state index < -0.39 is 0 Å². The third kappa shape index (κ3) is 3.62. The number of rotatable bonds is 7. The van der Waals surface area contributed by atoms with Crippen molar-refractivity contribution in [2.24, 2.45) is 0 Å². The Morgan fingerprint density at radius 3 is 2.55 bits per heavy atom. The van der Waals surface area contributed by atoms with E-state index in [2.05, 4.69) is 50.4 Å². The molecule has 1 fully saturated rings. The zero-order valence-electron chi connectivity index (χ0n) is 13.2. The van der Waals surface area contributed by atoms with Crippen LogP contribution in [0.25, 0.3) is 0 Å². The van der Waals surface area contributed by atoms with Crippen LogP contribution in [-0.4, -0.2) is 18.8 Å². The Morgan fingerprint density at radius 1 is 1.25 bits per heavy atom. The molecule has 2 unspecified atom stereocenters. The van der Waals surface area contributed by atoms with Crippen LogP contribution in [0.2, 0.25) is 0 Å². The van der Waals surface area contributed by atoms with Gasteiger partial charge in [0.1, 0.15) is 0 Å². The fourth-order valence-corrected chi connectivity index (χ4v) is 3.18. The van der Waals surface area contributed by atoms with Gasteiger partial charge >= 0.3 is 0 Å². The lowest BCUT2D eigenvalue weighted by molar-refractivity contribution is -0.0121. The largest absolute Gasteiger partial charge is 0.373 e. The van der Waals surface area contributed by atoms with Gasteiger partial charge in [-0.25, -0.2) is 0 Å². The Bertz CT molecular complexity index is 392. The average molecular weight is 275 g/mol. The van der Waals surface area contributed by atoms with E-state index in [-0.39, 0.29) is 5.60 Å². The first-order valence-electron chi connectivity index (χ1n) is 8.16. The number of unbranched alkanes of at least 4 members (excludes halogenated alkanes) is 1. The summed E-state index contributed by atoms with van der Waals surface area (Å²) in [6.07, 6.45) is 6.04. The van der Waals surface area contributed by atoms with Crippen LogP contribution < -0.4 is 5.32 Å². The first-order chi connectivity index (χ1) is 9.69. The molecule has 1 aromatic rings. The van der Waals surface area contributed by atoms with Crippen molar-refractivity contribution in [3.63, 3.8) is 0 Å². The van der Waals surface area contributed by atoms with Gasteiger partial charge in [-0.15, -0.1) is 0 Å². The third-order valence-corrected chi connectivity index (χ3v) is 4.40. The molecule has 0 saturated carbocycles. The lowest BCUT2D eigenvalue weighted by Crippen LogP contribution is -2.41. The third-order valence-electron chi connectivity index (χ3n) is 4.40. The summed E-state index contributed by atoms with van der Waals surface area (Å²) in [5, 5.41) is 3.62. The van der Waals surface area contributed by atoms with Crippen LogP contribution in [0, 0.1) is 0 Å². The summed E-state index contributed by atoms with van der Waals surface area (Å²) in [6, 6.07) is 9.44. The molecule has 1 aromatic carbocycles. The highest BCUT2D eigenvalue weighted by atomic mass is 16.5. The SMILES string of the molecule is CCCCc1ccc(C(NCC)C2(C)CCCO2)cc1. The molecule has 20 heavy (non-hydrogen) atoms. The van der Waals surface area contributed by atoms with Crippen molar-refractivity contribution < 1.29 is 4.74 Å². The van der Waals surface area contributed by atoms with Gasteiger partial charge in [0.2, 0.25) is 0 Å². The molecule has 1 heterocycles. The molecule has 0 aromatic heterocycles. The maximum absolute atomic E-state index is 6.04. The normalized spacial score (nSPS) is 23.9. The molecule has 1 aliphatic rings. The lowest BCUT2D eigenvalue weighted by Gasteiger charge is -2.34. The van der Waals surface area contributed by atoms with Crippen molar-refractivity contribution >= 4 is 0 Å². The average Bonchev–Trinajstić information content (AvgIpc) is 2.91. The van der Waals surface area contributed by atoms with Gasteiger partial charge < -0.3 is 10.1 Å². The fraction of sp³-hybridized carbons (Fsp3) is 0.667. The Morgan fingerprint density at radius 2 is 2.00 bits per heavy atom. The van der Waals surface area contributed by atoms with Gasteiger partial charge in [0.15, 0.2) is 0 Å². The van der Waals surface area contributed by atoms with E-state index in [1.165, 1.54) is 36.8 Å². The molecule has 112 valence electrons. The second-order valence-corrected chi connectivity index (χ2v) is 6.10. The van der Waals surface area contributed by atoms with Crippen LogP contribution in [-0.2, 0) is 11.2 Å². The molecule has 0 bridgehead atoms. The zero-order chi connectivity index (χ0) is 14.4.